The van der Waals surface area contributed by atoms with E-state index in [-0.39, 0.29) is 6.61 Å². The summed E-state index contributed by atoms with van der Waals surface area (Å²) in [4.78, 5) is 4.55. The van der Waals surface area contributed by atoms with E-state index in [1.807, 2.05) is 26.0 Å². The van der Waals surface area contributed by atoms with Crippen LogP contribution < -0.4 is 10.1 Å². The number of nitrogens with one attached hydrogen (secondary N) is 1. The zero-order valence-electron chi connectivity index (χ0n) is 12.4. The van der Waals surface area contributed by atoms with Crippen molar-refractivity contribution in [3.05, 3.63) is 35.3 Å². The second kappa shape index (κ2) is 6.22. The quantitative estimate of drug-likeness (QED) is 0.841. The van der Waals surface area contributed by atoms with Gasteiger partial charge >= 0.3 is 0 Å². The summed E-state index contributed by atoms with van der Waals surface area (Å²) >= 11 is 0. The predicted molar refractivity (Wildman–Crippen MR) is 76.8 cm³/mol. The number of aromatic nitrogens is 3. The lowest BCUT2D eigenvalue weighted by atomic mass is 10.3. The van der Waals surface area contributed by atoms with Crippen LogP contribution in [0, 0.1) is 6.92 Å². The summed E-state index contributed by atoms with van der Waals surface area (Å²) < 4.78 is 11.2. The first-order chi connectivity index (χ1) is 10.2. The number of hydrogen-bond acceptors (Lipinski definition) is 6. The SMILES string of the molecule is CCc1nnc(COc2ccc(C)nc2CNC2CC2)o1. The van der Waals surface area contributed by atoms with Crippen molar-refractivity contribution in [2.24, 2.45) is 0 Å². The summed E-state index contributed by atoms with van der Waals surface area (Å²) in [5.74, 6) is 1.89. The first-order valence-corrected chi connectivity index (χ1v) is 7.38. The largest absolute Gasteiger partial charge is 0.482 e. The summed E-state index contributed by atoms with van der Waals surface area (Å²) in [5, 5.41) is 11.3. The topological polar surface area (TPSA) is 73.1 Å². The maximum Gasteiger partial charge on any atom is 0.253 e. The molecule has 0 aliphatic heterocycles. The fourth-order valence-corrected chi connectivity index (χ4v) is 2.01. The van der Waals surface area contributed by atoms with Gasteiger partial charge in [0.25, 0.3) is 5.89 Å². The molecule has 0 amide bonds. The fourth-order valence-electron chi connectivity index (χ4n) is 2.01. The molecule has 6 heteroatoms. The normalized spacial score (nSPS) is 14.4. The van der Waals surface area contributed by atoms with E-state index in [0.29, 0.717) is 17.8 Å². The Morgan fingerprint density at radius 1 is 1.29 bits per heavy atom. The van der Waals surface area contributed by atoms with E-state index in [2.05, 4.69) is 20.5 Å². The molecule has 6 nitrogen and oxygen atoms in total. The highest BCUT2D eigenvalue weighted by Crippen LogP contribution is 2.22. The van der Waals surface area contributed by atoms with Crippen molar-refractivity contribution < 1.29 is 9.15 Å². The molecule has 0 bridgehead atoms. The highest BCUT2D eigenvalue weighted by molar-refractivity contribution is 5.29. The number of aryl methyl sites for hydroxylation is 2. The van der Waals surface area contributed by atoms with Gasteiger partial charge in [-0.3, -0.25) is 4.98 Å². The van der Waals surface area contributed by atoms with Gasteiger partial charge in [0.2, 0.25) is 5.89 Å². The second-order valence-electron chi connectivity index (χ2n) is 5.28. The molecule has 1 aliphatic rings. The maximum atomic E-state index is 5.79. The van der Waals surface area contributed by atoms with Crippen LogP contribution in [0.25, 0.3) is 0 Å². The number of hydrogen-bond donors (Lipinski definition) is 1. The number of nitrogens with zero attached hydrogens (tertiary/aromatic N) is 3. The van der Waals surface area contributed by atoms with Crippen LogP contribution in [0.2, 0.25) is 0 Å². The molecule has 0 aromatic carbocycles. The molecule has 112 valence electrons. The lowest BCUT2D eigenvalue weighted by Crippen LogP contribution is -2.17. The molecule has 2 aromatic rings. The fraction of sp³-hybridized carbons (Fsp3) is 0.533. The van der Waals surface area contributed by atoms with Gasteiger partial charge in [-0.2, -0.15) is 0 Å². The van der Waals surface area contributed by atoms with Gasteiger partial charge in [0, 0.05) is 24.7 Å². The molecule has 1 aliphatic carbocycles. The molecular weight excluding hydrogens is 268 g/mol. The van der Waals surface area contributed by atoms with Crippen LogP contribution in [-0.4, -0.2) is 21.2 Å². The summed E-state index contributed by atoms with van der Waals surface area (Å²) in [6.07, 6.45) is 3.24. The molecule has 1 N–H and O–H groups in total. The van der Waals surface area contributed by atoms with Gasteiger partial charge in [0.05, 0.1) is 5.69 Å². The van der Waals surface area contributed by atoms with Crippen molar-refractivity contribution in [1.29, 1.82) is 0 Å². The minimum Gasteiger partial charge on any atom is -0.482 e. The predicted octanol–water partition coefficient (Wildman–Crippen LogP) is 2.17. The van der Waals surface area contributed by atoms with Crippen molar-refractivity contribution in [1.82, 2.24) is 20.5 Å². The van der Waals surface area contributed by atoms with Crippen LogP contribution in [0.1, 0.15) is 42.9 Å². The molecule has 0 radical (unpaired) electrons. The molecule has 2 heterocycles. The van der Waals surface area contributed by atoms with E-state index in [9.17, 15) is 0 Å². The molecule has 0 saturated heterocycles. The molecule has 0 atom stereocenters. The van der Waals surface area contributed by atoms with Gasteiger partial charge in [0.1, 0.15) is 5.75 Å². The summed E-state index contributed by atoms with van der Waals surface area (Å²) in [6.45, 7) is 4.96. The summed E-state index contributed by atoms with van der Waals surface area (Å²) in [6, 6.07) is 4.54. The standard InChI is InChI=1S/C15H20N4O2/c1-3-14-18-19-15(21-14)9-20-13-7-4-10(2)17-12(13)8-16-11-5-6-11/h4,7,11,16H,3,5-6,8-9H2,1-2H3. The van der Waals surface area contributed by atoms with Gasteiger partial charge in [-0.05, 0) is 31.9 Å². The van der Waals surface area contributed by atoms with Crippen LogP contribution in [0.3, 0.4) is 0 Å². The first-order valence-electron chi connectivity index (χ1n) is 7.38. The average Bonchev–Trinajstić information content (AvgIpc) is 3.21. The first kappa shape index (κ1) is 14.0. The molecule has 0 unspecified atom stereocenters. The highest BCUT2D eigenvalue weighted by Gasteiger charge is 2.21. The van der Waals surface area contributed by atoms with Gasteiger partial charge in [0.15, 0.2) is 6.61 Å². The molecule has 21 heavy (non-hydrogen) atoms. The number of rotatable bonds is 7. The molecule has 0 spiro atoms. The lowest BCUT2D eigenvalue weighted by molar-refractivity contribution is 0.255. The van der Waals surface area contributed by atoms with Crippen molar-refractivity contribution in [2.45, 2.75) is 52.3 Å². The van der Waals surface area contributed by atoms with Crippen LogP contribution >= 0.6 is 0 Å². The van der Waals surface area contributed by atoms with Gasteiger partial charge in [-0.15, -0.1) is 10.2 Å². The average molecular weight is 288 g/mol. The maximum absolute atomic E-state index is 5.79. The second-order valence-corrected chi connectivity index (χ2v) is 5.28. The van der Waals surface area contributed by atoms with Crippen LogP contribution in [-0.2, 0) is 19.6 Å². The zero-order valence-corrected chi connectivity index (χ0v) is 12.4. The Hall–Kier alpha value is -1.95. The van der Waals surface area contributed by atoms with Gasteiger partial charge in [-0.25, -0.2) is 0 Å². The molecule has 3 rings (SSSR count). The van der Waals surface area contributed by atoms with E-state index in [4.69, 9.17) is 9.15 Å². The highest BCUT2D eigenvalue weighted by atomic mass is 16.5. The minimum absolute atomic E-state index is 0.272. The Morgan fingerprint density at radius 3 is 2.81 bits per heavy atom. The van der Waals surface area contributed by atoms with Crippen molar-refractivity contribution in [2.75, 3.05) is 0 Å². The van der Waals surface area contributed by atoms with Crippen LogP contribution in [0.15, 0.2) is 16.5 Å². The summed E-state index contributed by atoms with van der Waals surface area (Å²) in [5.41, 5.74) is 1.91. The van der Waals surface area contributed by atoms with E-state index in [1.54, 1.807) is 0 Å². The van der Waals surface area contributed by atoms with Gasteiger partial charge in [-0.1, -0.05) is 6.92 Å². The Balaban J connectivity index is 1.65. The third-order valence-electron chi connectivity index (χ3n) is 3.37. The van der Waals surface area contributed by atoms with Crippen LogP contribution in [0.5, 0.6) is 5.75 Å². The lowest BCUT2D eigenvalue weighted by Gasteiger charge is -2.10. The molecule has 1 fully saturated rings. The number of pyridine rings is 1. The smallest absolute Gasteiger partial charge is 0.253 e. The molecule has 2 aromatic heterocycles. The molecule has 1 saturated carbocycles. The third-order valence-corrected chi connectivity index (χ3v) is 3.37. The third kappa shape index (κ3) is 3.78. The van der Waals surface area contributed by atoms with Crippen molar-refractivity contribution in [3.8, 4) is 5.75 Å². The Bertz CT molecular complexity index is 607. The van der Waals surface area contributed by atoms with E-state index >= 15 is 0 Å². The van der Waals surface area contributed by atoms with Crippen molar-refractivity contribution >= 4 is 0 Å². The van der Waals surface area contributed by atoms with Gasteiger partial charge < -0.3 is 14.5 Å². The van der Waals surface area contributed by atoms with Crippen LogP contribution in [0.4, 0.5) is 0 Å². The molecular formula is C15H20N4O2. The van der Waals surface area contributed by atoms with E-state index < -0.39 is 0 Å². The Labute approximate surface area is 123 Å². The van der Waals surface area contributed by atoms with E-state index in [0.717, 1.165) is 30.1 Å². The summed E-state index contributed by atoms with van der Waals surface area (Å²) in [7, 11) is 0. The number of ether oxygens (including phenoxy) is 1. The Morgan fingerprint density at radius 2 is 2.10 bits per heavy atom. The monoisotopic (exact) mass is 288 g/mol. The van der Waals surface area contributed by atoms with E-state index in [1.165, 1.54) is 12.8 Å². The Kier molecular flexibility index (Phi) is 4.15. The zero-order chi connectivity index (χ0) is 14.7. The minimum atomic E-state index is 0.272. The van der Waals surface area contributed by atoms with Crippen molar-refractivity contribution in [3.63, 3.8) is 0 Å².